The van der Waals surface area contributed by atoms with Gasteiger partial charge in [0.1, 0.15) is 0 Å². The molecule has 372 valence electrons. The molecule has 0 N–H and O–H groups in total. The summed E-state index contributed by atoms with van der Waals surface area (Å²) in [4.78, 5) is 69.5. The van der Waals surface area contributed by atoms with Crippen LogP contribution in [0.4, 0.5) is 0 Å². The first-order chi connectivity index (χ1) is 30.2. The third-order valence-corrected chi connectivity index (χ3v) is 11.4. The molecule has 64 heavy (non-hydrogen) atoms. The zero-order valence-corrected chi connectivity index (χ0v) is 43.3. The molecule has 0 heterocycles. The molecule has 13 heteroatoms. The molecule has 12 nitrogen and oxygen atoms in total. The van der Waals surface area contributed by atoms with Crippen molar-refractivity contribution in [2.45, 2.75) is 252 Å². The topological polar surface area (TPSA) is 181 Å². The molecule has 0 aliphatic heterocycles. The Kier molecular flexibility index (Phi) is 56.2. The van der Waals surface area contributed by atoms with Crippen LogP contribution >= 0.6 is 0 Å². The van der Waals surface area contributed by atoms with E-state index in [0.29, 0.717) is 19.3 Å². The molecule has 0 atom stereocenters. The van der Waals surface area contributed by atoms with E-state index in [4.69, 9.17) is 0 Å². The molecule has 0 rings (SSSR count). The Balaban J connectivity index is -0.000000419. The number of hydrogen-bond acceptors (Lipinski definition) is 9. The maximum absolute atomic E-state index is 11.6. The van der Waals surface area contributed by atoms with Crippen LogP contribution in [0.15, 0.2) is 0 Å². The van der Waals surface area contributed by atoms with E-state index in [0.717, 1.165) is 38.5 Å². The Hall–Kier alpha value is -2.65. The summed E-state index contributed by atoms with van der Waals surface area (Å²) in [5.41, 5.74) is 0. The third kappa shape index (κ3) is 55.5. The van der Waals surface area contributed by atoms with Crippen molar-refractivity contribution in [3.05, 3.63) is 0 Å². The fourth-order valence-corrected chi connectivity index (χ4v) is 7.24. The molecule has 3 amide bonds. The second-order valence-electron chi connectivity index (χ2n) is 17.7. The van der Waals surface area contributed by atoms with Gasteiger partial charge in [0.2, 0.25) is 17.7 Å². The van der Waals surface area contributed by atoms with Gasteiger partial charge in [-0.2, -0.15) is 0 Å². The number of carboxylic acid groups (broad SMARTS) is 3. The molecule has 0 aliphatic carbocycles. The Bertz CT molecular complexity index is 978. The maximum atomic E-state index is 11.6. The van der Waals surface area contributed by atoms with Crippen LogP contribution in [0.25, 0.3) is 0 Å². The maximum Gasteiger partial charge on any atom is 3.00 e. The smallest absolute Gasteiger partial charge is 0.548 e. The summed E-state index contributed by atoms with van der Waals surface area (Å²) in [6.07, 6.45) is 42.5. The Labute approximate surface area is 403 Å². The number of carbonyl (C=O) groups excluding carboxylic acids is 6. The fraction of sp³-hybridized carbons (Fsp3) is 0.882. The first-order valence-electron chi connectivity index (χ1n) is 25.5. The van der Waals surface area contributed by atoms with Gasteiger partial charge >= 0.3 is 17.4 Å². The van der Waals surface area contributed by atoms with Crippen LogP contribution in [0.2, 0.25) is 0 Å². The number of aliphatic carboxylic acids is 3. The number of hydrogen-bond donors (Lipinski definition) is 0. The van der Waals surface area contributed by atoms with E-state index in [1.807, 2.05) is 0 Å². The minimum atomic E-state index is -1.20. The normalized spacial score (nSPS) is 10.4. The summed E-state index contributed by atoms with van der Waals surface area (Å²) < 4.78 is 0. The van der Waals surface area contributed by atoms with Gasteiger partial charge in [0.05, 0.1) is 37.5 Å². The van der Waals surface area contributed by atoms with Crippen LogP contribution in [-0.2, 0) is 28.8 Å². The van der Waals surface area contributed by atoms with Gasteiger partial charge in [-0.15, -0.1) is 0 Å². The molecule has 0 radical (unpaired) electrons. The van der Waals surface area contributed by atoms with Crippen molar-refractivity contribution < 1.29 is 44.1 Å². The first-order valence-corrected chi connectivity index (χ1v) is 25.5. The van der Waals surface area contributed by atoms with Crippen LogP contribution in [0.1, 0.15) is 252 Å². The summed E-state index contributed by atoms with van der Waals surface area (Å²) in [6.45, 7) is 5.79. The van der Waals surface area contributed by atoms with Crippen molar-refractivity contribution in [2.24, 2.45) is 0 Å². The molecule has 0 unspecified atom stereocenters. The summed E-state index contributed by atoms with van der Waals surface area (Å²) in [5.74, 6) is -3.92. The van der Waals surface area contributed by atoms with Gasteiger partial charge in [0.15, 0.2) is 0 Å². The second kappa shape index (κ2) is 53.0. The van der Waals surface area contributed by atoms with Gasteiger partial charge in [-0.05, 0) is 19.3 Å². The van der Waals surface area contributed by atoms with E-state index in [1.165, 1.54) is 209 Å². The zero-order valence-electron chi connectivity index (χ0n) is 42.2. The third-order valence-electron chi connectivity index (χ3n) is 11.4. The van der Waals surface area contributed by atoms with Crippen molar-refractivity contribution in [1.29, 1.82) is 0 Å². The van der Waals surface area contributed by atoms with Crippen LogP contribution in [0, 0.1) is 0 Å². The predicted molar refractivity (Wildman–Crippen MR) is 257 cm³/mol. The van der Waals surface area contributed by atoms with Crippen molar-refractivity contribution in [2.75, 3.05) is 40.8 Å². The summed E-state index contributed by atoms with van der Waals surface area (Å²) in [5, 5.41) is 31.1. The minimum Gasteiger partial charge on any atom is -0.548 e. The molecule has 0 aliphatic rings. The molecule has 0 saturated carbocycles. The van der Waals surface area contributed by atoms with Gasteiger partial charge in [0.25, 0.3) is 0 Å². The first kappa shape index (κ1) is 67.9. The van der Waals surface area contributed by atoms with E-state index >= 15 is 0 Å². The van der Waals surface area contributed by atoms with Crippen molar-refractivity contribution in [3.8, 4) is 0 Å². The van der Waals surface area contributed by atoms with E-state index in [2.05, 4.69) is 20.8 Å². The van der Waals surface area contributed by atoms with Crippen molar-refractivity contribution >= 4 is 53.0 Å². The van der Waals surface area contributed by atoms with Crippen molar-refractivity contribution in [1.82, 2.24) is 14.7 Å². The van der Waals surface area contributed by atoms with Gasteiger partial charge in [-0.3, -0.25) is 14.4 Å². The average molecular weight is 922 g/mol. The molecule has 0 aromatic carbocycles. The Morgan fingerprint density at radius 2 is 0.422 bits per heavy atom. The van der Waals surface area contributed by atoms with Crippen molar-refractivity contribution in [3.63, 3.8) is 0 Å². The second-order valence-corrected chi connectivity index (χ2v) is 17.7. The fourth-order valence-electron chi connectivity index (χ4n) is 7.24. The van der Waals surface area contributed by atoms with Gasteiger partial charge in [-0.25, -0.2) is 0 Å². The number of carboxylic acids is 3. The van der Waals surface area contributed by atoms with Crippen LogP contribution in [0.5, 0.6) is 0 Å². The molecule has 0 fully saturated rings. The summed E-state index contributed by atoms with van der Waals surface area (Å²) in [7, 11) is 4.53. The molecule has 0 spiro atoms. The number of nitrogens with zero attached hydrogens (tertiary/aromatic N) is 3. The van der Waals surface area contributed by atoms with E-state index in [9.17, 15) is 44.1 Å². The predicted octanol–water partition coefficient (Wildman–Crippen LogP) is 8.31. The van der Waals surface area contributed by atoms with Gasteiger partial charge in [0, 0.05) is 40.4 Å². The molecule has 0 aromatic rings. The molecular formula is C51H96AlN3O9. The van der Waals surface area contributed by atoms with Crippen LogP contribution in [-0.4, -0.2) is 108 Å². The van der Waals surface area contributed by atoms with Gasteiger partial charge < -0.3 is 44.4 Å². The number of carbonyl (C=O) groups is 6. The largest absolute Gasteiger partial charge is 3.00 e. The van der Waals surface area contributed by atoms with E-state index < -0.39 is 17.9 Å². The van der Waals surface area contributed by atoms with Crippen LogP contribution < -0.4 is 15.3 Å². The quantitative estimate of drug-likeness (QED) is 0.0430. The summed E-state index contributed by atoms with van der Waals surface area (Å²) >= 11 is 0. The van der Waals surface area contributed by atoms with Crippen LogP contribution in [0.3, 0.4) is 0 Å². The molecule has 0 saturated heterocycles. The SMILES string of the molecule is CCCCCCCCCCCCCC(=O)N(C)CC(=O)[O-].CCCCCCCCCCCCCC(=O)N(C)CC(=O)[O-].CCCCCCCCCCCCCC(=O)N(C)CC(=O)[O-].[Al+3]. The molecule has 0 aromatic heterocycles. The minimum absolute atomic E-state index is 0. The van der Waals surface area contributed by atoms with E-state index in [1.54, 1.807) is 0 Å². The zero-order chi connectivity index (χ0) is 47.8. The Morgan fingerprint density at radius 1 is 0.281 bits per heavy atom. The standard InChI is InChI=1S/3C17H33NO3.Al/c3*1-3-4-5-6-7-8-9-10-11-12-13-14-16(19)18(2)15-17(20)21;/h3*3-15H2,1-2H3,(H,20,21);/q;;;+3/p-3. The number of amides is 3. The van der Waals surface area contributed by atoms with E-state index in [-0.39, 0.29) is 54.7 Å². The number of unbranched alkanes of at least 4 members (excludes halogenated alkanes) is 30. The monoisotopic (exact) mass is 922 g/mol. The number of rotatable bonds is 42. The number of likely N-dealkylation sites (N-methyl/N-ethyl adjacent to an activating group) is 3. The summed E-state index contributed by atoms with van der Waals surface area (Å²) in [6, 6.07) is 0. The Morgan fingerprint density at radius 3 is 0.562 bits per heavy atom. The average Bonchev–Trinajstić information content (AvgIpc) is 3.23. The van der Waals surface area contributed by atoms with Gasteiger partial charge in [-0.1, -0.05) is 213 Å². The molecule has 0 bridgehead atoms. The molecular weight excluding hydrogens is 826 g/mol.